The molecule has 1 saturated carbocycles. The molecule has 1 heterocycles. The van der Waals surface area contributed by atoms with Gasteiger partial charge in [0.15, 0.2) is 0 Å². The van der Waals surface area contributed by atoms with E-state index < -0.39 is 0 Å². The normalized spacial score (nSPS) is 17.6. The molecule has 0 radical (unpaired) electrons. The van der Waals surface area contributed by atoms with E-state index in [4.69, 9.17) is 5.73 Å². The number of hydrogen-bond donors (Lipinski definition) is 1. The molecule has 1 aliphatic rings. The van der Waals surface area contributed by atoms with E-state index in [0.717, 1.165) is 19.3 Å². The minimum Gasteiger partial charge on any atom is -0.321 e. The predicted octanol–water partition coefficient (Wildman–Crippen LogP) is 2.75. The summed E-state index contributed by atoms with van der Waals surface area (Å²) in [5.74, 6) is 0. The maximum Gasteiger partial charge on any atom is 0.0411 e. The molecule has 0 spiro atoms. The van der Waals surface area contributed by atoms with Crippen molar-refractivity contribution in [3.05, 3.63) is 41.7 Å². The van der Waals surface area contributed by atoms with Crippen LogP contribution >= 0.6 is 0 Å². The second-order valence-corrected chi connectivity index (χ2v) is 4.74. The number of benzene rings is 1. The summed E-state index contributed by atoms with van der Waals surface area (Å²) >= 11 is 0. The Morgan fingerprint density at radius 2 is 2.12 bits per heavy atom. The van der Waals surface area contributed by atoms with E-state index in [1.165, 1.54) is 21.9 Å². The van der Waals surface area contributed by atoms with E-state index in [0.29, 0.717) is 0 Å². The highest BCUT2D eigenvalue weighted by Crippen LogP contribution is 2.43. The lowest BCUT2D eigenvalue weighted by Crippen LogP contribution is -2.18. The summed E-state index contributed by atoms with van der Waals surface area (Å²) in [6.07, 6.45) is 7.14. The summed E-state index contributed by atoms with van der Waals surface area (Å²) in [5.41, 5.74) is 8.73. The van der Waals surface area contributed by atoms with Crippen molar-refractivity contribution in [3.8, 4) is 0 Å². The second kappa shape index (κ2) is 3.29. The maximum absolute atomic E-state index is 6.21. The number of rotatable bonds is 2. The van der Waals surface area contributed by atoms with Gasteiger partial charge in [0.25, 0.3) is 0 Å². The lowest BCUT2D eigenvalue weighted by atomic mass is 9.99. The third-order valence-corrected chi connectivity index (χ3v) is 3.59. The zero-order chi connectivity index (χ0) is 11.2. The van der Waals surface area contributed by atoms with Gasteiger partial charge in [0.05, 0.1) is 0 Å². The smallest absolute Gasteiger partial charge is 0.0411 e. The van der Waals surface area contributed by atoms with Crippen molar-refractivity contribution in [1.29, 1.82) is 0 Å². The summed E-state index contributed by atoms with van der Waals surface area (Å²) in [5, 5.41) is 2.53. The van der Waals surface area contributed by atoms with E-state index in [-0.39, 0.29) is 5.54 Å². The summed E-state index contributed by atoms with van der Waals surface area (Å²) in [6.45, 7) is 2.16. The topological polar surface area (TPSA) is 38.9 Å². The van der Waals surface area contributed by atoms with Crippen molar-refractivity contribution in [2.24, 2.45) is 5.73 Å². The monoisotopic (exact) mass is 212 g/mol. The minimum atomic E-state index is -0.0452. The third-order valence-electron chi connectivity index (χ3n) is 3.59. The van der Waals surface area contributed by atoms with Gasteiger partial charge in [-0.15, -0.1) is 0 Å². The molecule has 1 aromatic carbocycles. The molecule has 0 bridgehead atoms. The van der Waals surface area contributed by atoms with Crippen molar-refractivity contribution in [1.82, 2.24) is 4.98 Å². The SMILES string of the molecule is CCc1cncc2cc(C3(N)CC3)ccc12. The molecular weight excluding hydrogens is 196 g/mol. The fraction of sp³-hybridized carbons (Fsp3) is 0.357. The molecule has 0 aliphatic heterocycles. The number of aryl methyl sites for hydroxylation is 1. The van der Waals surface area contributed by atoms with E-state index in [1.54, 1.807) is 0 Å². The Bertz CT molecular complexity index is 541. The van der Waals surface area contributed by atoms with Crippen LogP contribution in [0.3, 0.4) is 0 Å². The average Bonchev–Trinajstić information content (AvgIpc) is 3.07. The van der Waals surface area contributed by atoms with Gasteiger partial charge in [0.1, 0.15) is 0 Å². The highest BCUT2D eigenvalue weighted by molar-refractivity contribution is 5.85. The highest BCUT2D eigenvalue weighted by Gasteiger charge is 2.39. The summed E-state index contributed by atoms with van der Waals surface area (Å²) in [4.78, 5) is 4.29. The van der Waals surface area contributed by atoms with Gasteiger partial charge >= 0.3 is 0 Å². The van der Waals surface area contributed by atoms with Crippen molar-refractivity contribution in [2.75, 3.05) is 0 Å². The van der Waals surface area contributed by atoms with Gasteiger partial charge in [-0.1, -0.05) is 19.1 Å². The predicted molar refractivity (Wildman–Crippen MR) is 66.2 cm³/mol. The summed E-state index contributed by atoms with van der Waals surface area (Å²) in [7, 11) is 0. The fourth-order valence-corrected chi connectivity index (χ4v) is 2.25. The van der Waals surface area contributed by atoms with Crippen LogP contribution in [0.15, 0.2) is 30.6 Å². The molecule has 2 nitrogen and oxygen atoms in total. The number of nitrogens with two attached hydrogens (primary N) is 1. The molecule has 2 N–H and O–H groups in total. The van der Waals surface area contributed by atoms with Gasteiger partial charge in [0.2, 0.25) is 0 Å². The molecule has 1 aromatic heterocycles. The van der Waals surface area contributed by atoms with Gasteiger partial charge in [-0.3, -0.25) is 4.98 Å². The van der Waals surface area contributed by atoms with E-state index in [2.05, 4.69) is 30.1 Å². The van der Waals surface area contributed by atoms with Crippen LogP contribution in [0, 0.1) is 0 Å². The van der Waals surface area contributed by atoms with Crippen molar-refractivity contribution >= 4 is 10.8 Å². The van der Waals surface area contributed by atoms with Crippen LogP contribution in [0.2, 0.25) is 0 Å². The lowest BCUT2D eigenvalue weighted by Gasteiger charge is -2.11. The third kappa shape index (κ3) is 1.41. The van der Waals surface area contributed by atoms with Gasteiger partial charge < -0.3 is 5.73 Å². The Morgan fingerprint density at radius 3 is 2.81 bits per heavy atom. The van der Waals surface area contributed by atoms with Crippen LogP contribution in [0.4, 0.5) is 0 Å². The standard InChI is InChI=1S/C14H16N2/c1-2-10-8-16-9-11-7-12(3-4-13(10)11)14(15)5-6-14/h3-4,7-9H,2,5-6,15H2,1H3. The first-order chi connectivity index (χ1) is 7.73. The number of hydrogen-bond acceptors (Lipinski definition) is 2. The average molecular weight is 212 g/mol. The molecule has 0 saturated heterocycles. The van der Waals surface area contributed by atoms with Gasteiger partial charge in [-0.25, -0.2) is 0 Å². The molecule has 0 atom stereocenters. The van der Waals surface area contributed by atoms with Crippen molar-refractivity contribution in [3.63, 3.8) is 0 Å². The zero-order valence-electron chi connectivity index (χ0n) is 9.53. The number of pyridine rings is 1. The Balaban J connectivity index is 2.19. The molecule has 1 aliphatic carbocycles. The second-order valence-electron chi connectivity index (χ2n) is 4.74. The van der Waals surface area contributed by atoms with Crippen LogP contribution in [0.25, 0.3) is 10.8 Å². The maximum atomic E-state index is 6.21. The first-order valence-electron chi connectivity index (χ1n) is 5.89. The first-order valence-corrected chi connectivity index (χ1v) is 5.89. The fourth-order valence-electron chi connectivity index (χ4n) is 2.25. The van der Waals surface area contributed by atoms with Crippen LogP contribution in [0.1, 0.15) is 30.9 Å². The Morgan fingerprint density at radius 1 is 1.31 bits per heavy atom. The molecule has 2 heteroatoms. The first kappa shape index (κ1) is 9.79. The van der Waals surface area contributed by atoms with Crippen molar-refractivity contribution in [2.45, 2.75) is 31.7 Å². The molecule has 1 fully saturated rings. The summed E-state index contributed by atoms with van der Waals surface area (Å²) < 4.78 is 0. The molecule has 0 amide bonds. The van der Waals surface area contributed by atoms with Crippen LogP contribution in [-0.4, -0.2) is 4.98 Å². The van der Waals surface area contributed by atoms with Crippen LogP contribution < -0.4 is 5.73 Å². The van der Waals surface area contributed by atoms with Gasteiger partial charge in [-0.2, -0.15) is 0 Å². The lowest BCUT2D eigenvalue weighted by molar-refractivity contribution is 0.741. The molecular formula is C14H16N2. The van der Waals surface area contributed by atoms with Gasteiger partial charge in [0, 0.05) is 23.3 Å². The Labute approximate surface area is 95.5 Å². The van der Waals surface area contributed by atoms with Crippen LogP contribution in [0.5, 0.6) is 0 Å². The summed E-state index contributed by atoms with van der Waals surface area (Å²) in [6, 6.07) is 6.57. The molecule has 16 heavy (non-hydrogen) atoms. The Kier molecular flexibility index (Phi) is 2.01. The van der Waals surface area contributed by atoms with E-state index in [9.17, 15) is 0 Å². The zero-order valence-corrected chi connectivity index (χ0v) is 9.53. The van der Waals surface area contributed by atoms with E-state index >= 15 is 0 Å². The van der Waals surface area contributed by atoms with Crippen molar-refractivity contribution < 1.29 is 0 Å². The number of nitrogens with zero attached hydrogens (tertiary/aromatic N) is 1. The molecule has 3 rings (SSSR count). The molecule has 0 unspecified atom stereocenters. The quantitative estimate of drug-likeness (QED) is 0.831. The Hall–Kier alpha value is -1.41. The molecule has 2 aromatic rings. The number of aromatic nitrogens is 1. The van der Waals surface area contributed by atoms with Crippen LogP contribution in [-0.2, 0) is 12.0 Å². The largest absolute Gasteiger partial charge is 0.321 e. The molecule has 82 valence electrons. The number of fused-ring (bicyclic) bond motifs is 1. The van der Waals surface area contributed by atoms with Gasteiger partial charge in [-0.05, 0) is 41.8 Å². The minimum absolute atomic E-state index is 0.0452. The van der Waals surface area contributed by atoms with E-state index in [1.807, 2.05) is 12.4 Å². The highest BCUT2D eigenvalue weighted by atomic mass is 14.8.